The molecule has 1 heterocycles. The first-order chi connectivity index (χ1) is 25.0. The Morgan fingerprint density at radius 3 is 1.90 bits per heavy atom. The summed E-state index contributed by atoms with van der Waals surface area (Å²) in [4.78, 5) is 2.46. The lowest BCUT2D eigenvalue weighted by atomic mass is 9.74. The van der Waals surface area contributed by atoms with Gasteiger partial charge in [0.2, 0.25) is 0 Å². The number of furan rings is 1. The van der Waals surface area contributed by atoms with Crippen LogP contribution in [0.15, 0.2) is 180 Å². The first-order valence-corrected chi connectivity index (χ1v) is 17.9. The number of rotatable bonds is 5. The monoisotopic (exact) mass is 655 g/mol. The molecule has 0 amide bonds. The molecule has 0 radical (unpaired) electrons. The van der Waals surface area contributed by atoms with E-state index in [1.165, 1.54) is 27.8 Å². The Labute approximate surface area is 298 Å². The smallest absolute Gasteiger partial charge is 0.143 e. The van der Waals surface area contributed by atoms with Gasteiger partial charge in [-0.3, -0.25) is 0 Å². The second kappa shape index (κ2) is 11.5. The molecule has 0 saturated carbocycles. The summed E-state index contributed by atoms with van der Waals surface area (Å²) in [5.74, 6) is 0.851. The van der Waals surface area contributed by atoms with Crippen LogP contribution in [0.3, 0.4) is 0 Å². The maximum Gasteiger partial charge on any atom is 0.143 e. The standard InChI is InChI=1S/C49H37NO/c1-49(2)44-20-12-11-17-38(44)39-28-26-37(30-45(39)49)50(36-24-21-34(22-25-36)32-13-5-3-6-14-32)46-31-43-41-27-23-35(33-15-7-4-8-16-33)29-47(41)51-48(43)42-19-10-9-18-40(42)46/h3-31,38,44H,1-2H3. The van der Waals surface area contributed by atoms with E-state index in [1.54, 1.807) is 0 Å². The van der Waals surface area contributed by atoms with Gasteiger partial charge in [-0.15, -0.1) is 0 Å². The van der Waals surface area contributed by atoms with E-state index >= 15 is 0 Å². The summed E-state index contributed by atoms with van der Waals surface area (Å²) in [5.41, 5.74) is 12.8. The van der Waals surface area contributed by atoms with Gasteiger partial charge < -0.3 is 9.32 Å². The predicted molar refractivity (Wildman–Crippen MR) is 214 cm³/mol. The number of nitrogens with zero attached hydrogens (tertiary/aromatic N) is 1. The van der Waals surface area contributed by atoms with Crippen molar-refractivity contribution < 1.29 is 4.42 Å². The van der Waals surface area contributed by atoms with Crippen LogP contribution < -0.4 is 4.90 Å². The lowest BCUT2D eigenvalue weighted by molar-refractivity contribution is 0.394. The summed E-state index contributed by atoms with van der Waals surface area (Å²) >= 11 is 0. The molecule has 0 fully saturated rings. The molecule has 2 nitrogen and oxygen atoms in total. The Kier molecular flexibility index (Phi) is 6.69. The van der Waals surface area contributed by atoms with E-state index in [1.807, 2.05) is 0 Å². The third kappa shape index (κ3) is 4.71. The fourth-order valence-electron chi connectivity index (χ4n) is 8.74. The minimum absolute atomic E-state index is 0.00332. The minimum Gasteiger partial charge on any atom is -0.455 e. The molecule has 2 aliphatic rings. The van der Waals surface area contributed by atoms with Gasteiger partial charge >= 0.3 is 0 Å². The van der Waals surface area contributed by atoms with Crippen LogP contribution in [0.4, 0.5) is 17.1 Å². The van der Waals surface area contributed by atoms with E-state index in [2.05, 4.69) is 195 Å². The van der Waals surface area contributed by atoms with Crippen molar-refractivity contribution in [2.75, 3.05) is 4.90 Å². The van der Waals surface area contributed by atoms with Gasteiger partial charge in [-0.2, -0.15) is 0 Å². The number of hydrogen-bond donors (Lipinski definition) is 0. The van der Waals surface area contributed by atoms with Crippen LogP contribution in [0.5, 0.6) is 0 Å². The van der Waals surface area contributed by atoms with Crippen LogP contribution in [0.1, 0.15) is 30.9 Å². The predicted octanol–water partition coefficient (Wildman–Crippen LogP) is 13.7. The van der Waals surface area contributed by atoms with Gasteiger partial charge in [-0.05, 0) is 87.2 Å². The largest absolute Gasteiger partial charge is 0.455 e. The van der Waals surface area contributed by atoms with E-state index < -0.39 is 0 Å². The highest BCUT2D eigenvalue weighted by Crippen LogP contribution is 2.54. The highest BCUT2D eigenvalue weighted by atomic mass is 16.3. The van der Waals surface area contributed by atoms with Gasteiger partial charge in [0.1, 0.15) is 11.2 Å². The number of benzene rings is 7. The molecule has 0 spiro atoms. The van der Waals surface area contributed by atoms with Crippen molar-refractivity contribution in [3.63, 3.8) is 0 Å². The zero-order chi connectivity index (χ0) is 34.1. The first-order valence-electron chi connectivity index (χ1n) is 17.9. The zero-order valence-electron chi connectivity index (χ0n) is 28.8. The maximum absolute atomic E-state index is 6.75. The van der Waals surface area contributed by atoms with E-state index in [0.29, 0.717) is 11.8 Å². The summed E-state index contributed by atoms with van der Waals surface area (Å²) < 4.78 is 6.75. The normalized spacial score (nSPS) is 17.2. The molecule has 2 atom stereocenters. The molecule has 2 unspecified atom stereocenters. The van der Waals surface area contributed by atoms with Crippen molar-refractivity contribution in [2.24, 2.45) is 5.92 Å². The highest BCUT2D eigenvalue weighted by molar-refractivity contribution is 6.20. The molecule has 51 heavy (non-hydrogen) atoms. The van der Waals surface area contributed by atoms with Crippen LogP contribution in [-0.4, -0.2) is 0 Å². The Bertz CT molecular complexity index is 2660. The highest BCUT2D eigenvalue weighted by Gasteiger charge is 2.44. The molecule has 0 N–H and O–H groups in total. The molecule has 0 bridgehead atoms. The van der Waals surface area contributed by atoms with Gasteiger partial charge in [0.05, 0.1) is 5.69 Å². The average Bonchev–Trinajstić information content (AvgIpc) is 3.67. The SMILES string of the molecule is CC1(C)c2cc(N(c3ccc(-c4ccccc4)cc3)c3cc4c5ccc(-c6ccccc6)cc5oc4c4ccccc34)ccc2C2C=CC=CC21. The van der Waals surface area contributed by atoms with Crippen LogP contribution >= 0.6 is 0 Å². The molecular weight excluding hydrogens is 619 g/mol. The fourth-order valence-corrected chi connectivity index (χ4v) is 8.74. The van der Waals surface area contributed by atoms with E-state index in [9.17, 15) is 0 Å². The molecule has 8 aromatic rings. The maximum atomic E-state index is 6.75. The Morgan fingerprint density at radius 2 is 1.14 bits per heavy atom. The summed E-state index contributed by atoms with van der Waals surface area (Å²) in [5, 5.41) is 4.50. The summed E-state index contributed by atoms with van der Waals surface area (Å²) in [6.45, 7) is 4.82. The average molecular weight is 656 g/mol. The van der Waals surface area contributed by atoms with Crippen molar-refractivity contribution in [3.05, 3.63) is 187 Å². The number of anilines is 3. The van der Waals surface area contributed by atoms with Gasteiger partial charge in [-0.25, -0.2) is 0 Å². The number of fused-ring (bicyclic) bond motifs is 8. The van der Waals surface area contributed by atoms with Gasteiger partial charge in [-0.1, -0.05) is 147 Å². The number of hydrogen-bond acceptors (Lipinski definition) is 2. The number of allylic oxidation sites excluding steroid dienone is 4. The second-order valence-corrected chi connectivity index (χ2v) is 14.6. The summed E-state index contributed by atoms with van der Waals surface area (Å²) in [6, 6.07) is 55.0. The van der Waals surface area contributed by atoms with Crippen LogP contribution in [-0.2, 0) is 5.41 Å². The van der Waals surface area contributed by atoms with Gasteiger partial charge in [0.25, 0.3) is 0 Å². The zero-order valence-corrected chi connectivity index (χ0v) is 28.8. The summed E-state index contributed by atoms with van der Waals surface area (Å²) in [7, 11) is 0. The van der Waals surface area contributed by atoms with Crippen LogP contribution in [0.25, 0.3) is 55.0 Å². The van der Waals surface area contributed by atoms with Crippen LogP contribution in [0, 0.1) is 5.92 Å². The van der Waals surface area contributed by atoms with Crippen molar-refractivity contribution in [1.29, 1.82) is 0 Å². The molecule has 2 aliphatic carbocycles. The molecule has 244 valence electrons. The summed E-state index contributed by atoms with van der Waals surface area (Å²) in [6.07, 6.45) is 9.21. The second-order valence-electron chi connectivity index (χ2n) is 14.6. The topological polar surface area (TPSA) is 16.4 Å². The first kappa shape index (κ1) is 29.8. The minimum atomic E-state index is 0.00332. The molecule has 7 aromatic carbocycles. The van der Waals surface area contributed by atoms with Crippen molar-refractivity contribution >= 4 is 49.8 Å². The lowest BCUT2D eigenvalue weighted by Crippen LogP contribution is -2.24. The molecule has 0 saturated heterocycles. The molecule has 0 aliphatic heterocycles. The molecule has 1 aromatic heterocycles. The van der Waals surface area contributed by atoms with E-state index in [0.717, 1.165) is 55.3 Å². The van der Waals surface area contributed by atoms with E-state index in [-0.39, 0.29) is 5.41 Å². The Hall–Kier alpha value is -6.12. The van der Waals surface area contributed by atoms with Crippen molar-refractivity contribution in [3.8, 4) is 22.3 Å². The van der Waals surface area contributed by atoms with Crippen molar-refractivity contribution in [1.82, 2.24) is 0 Å². The van der Waals surface area contributed by atoms with Crippen molar-refractivity contribution in [2.45, 2.75) is 25.2 Å². The lowest BCUT2D eigenvalue weighted by Gasteiger charge is -2.31. The van der Waals surface area contributed by atoms with Gasteiger partial charge in [0.15, 0.2) is 0 Å². The third-order valence-corrected chi connectivity index (χ3v) is 11.4. The Morgan fingerprint density at radius 1 is 0.510 bits per heavy atom. The Balaban J connectivity index is 1.20. The third-order valence-electron chi connectivity index (χ3n) is 11.4. The van der Waals surface area contributed by atoms with Gasteiger partial charge in [0, 0.05) is 38.8 Å². The fraction of sp³-hybridized carbons (Fsp3) is 0.102. The van der Waals surface area contributed by atoms with Crippen LogP contribution in [0.2, 0.25) is 0 Å². The molecule has 10 rings (SSSR count). The van der Waals surface area contributed by atoms with E-state index in [4.69, 9.17) is 4.42 Å². The molecular formula is C49H37NO. The quantitative estimate of drug-likeness (QED) is 0.183. The molecule has 2 heteroatoms.